The zero-order valence-corrected chi connectivity index (χ0v) is 13.0. The van der Waals surface area contributed by atoms with Crippen molar-refractivity contribution in [2.24, 2.45) is 0 Å². The number of hydrogen-bond acceptors (Lipinski definition) is 5. The van der Waals surface area contributed by atoms with Crippen LogP contribution in [0.25, 0.3) is 0 Å². The third-order valence-corrected chi connectivity index (χ3v) is 3.83. The quantitative estimate of drug-likeness (QED) is 0.642. The second kappa shape index (κ2) is 8.51. The summed E-state index contributed by atoms with van der Waals surface area (Å²) in [5.74, 6) is -2.34. The van der Waals surface area contributed by atoms with Crippen LogP contribution in [0.2, 0.25) is 0 Å². The van der Waals surface area contributed by atoms with Crippen LogP contribution in [0.4, 0.5) is 0 Å². The molecule has 0 unspecified atom stereocenters. The molecule has 6 nitrogen and oxygen atoms in total. The predicted octanol–water partition coefficient (Wildman–Crippen LogP) is 3.50. The van der Waals surface area contributed by atoms with E-state index in [1.54, 1.807) is 0 Å². The van der Waals surface area contributed by atoms with Gasteiger partial charge in [0.1, 0.15) is 0 Å². The van der Waals surface area contributed by atoms with Crippen LogP contribution in [0.15, 0.2) is 0 Å². The molecule has 118 valence electrons. The molecule has 0 spiro atoms. The maximum absolute atomic E-state index is 11.3. The molecule has 0 aliphatic carbocycles. The zero-order valence-electron chi connectivity index (χ0n) is 12.2. The van der Waals surface area contributed by atoms with Gasteiger partial charge >= 0.3 is 11.9 Å². The van der Waals surface area contributed by atoms with Crippen LogP contribution in [0.1, 0.15) is 58.9 Å². The lowest BCUT2D eigenvalue weighted by atomic mass is 10.3. The molecule has 0 aliphatic rings. The Hall–Kier alpha value is -1.76. The van der Waals surface area contributed by atoms with Gasteiger partial charge in [-0.25, -0.2) is 9.59 Å². The third kappa shape index (κ3) is 4.63. The summed E-state index contributed by atoms with van der Waals surface area (Å²) in [6, 6.07) is 0. The van der Waals surface area contributed by atoms with E-state index in [4.69, 9.17) is 9.47 Å². The normalized spacial score (nSPS) is 10.4. The Kier molecular flexibility index (Phi) is 7.01. The number of rotatable bonds is 10. The standard InChI is InChI=1S/C14H20O6S/c1-3-5-7-19-9-10(20-8-6-4-2)12(14(17)18)21-11(9)13(15)16/h3-8H2,1-2H3,(H,15,16)(H,17,18). The Bertz CT molecular complexity index is 451. The van der Waals surface area contributed by atoms with Crippen LogP contribution in [-0.2, 0) is 0 Å². The van der Waals surface area contributed by atoms with Gasteiger partial charge in [0.2, 0.25) is 0 Å². The van der Waals surface area contributed by atoms with Crippen molar-refractivity contribution in [2.45, 2.75) is 39.5 Å². The minimum absolute atomic E-state index is 0.0365. The monoisotopic (exact) mass is 316 g/mol. The highest BCUT2D eigenvalue weighted by Crippen LogP contribution is 2.42. The smallest absolute Gasteiger partial charge is 0.349 e. The van der Waals surface area contributed by atoms with E-state index in [-0.39, 0.29) is 21.3 Å². The van der Waals surface area contributed by atoms with E-state index in [1.165, 1.54) is 0 Å². The van der Waals surface area contributed by atoms with Crippen molar-refractivity contribution in [3.8, 4) is 11.5 Å². The average molecular weight is 316 g/mol. The number of carboxylic acid groups (broad SMARTS) is 2. The summed E-state index contributed by atoms with van der Waals surface area (Å²) in [4.78, 5) is 22.2. The van der Waals surface area contributed by atoms with Crippen molar-refractivity contribution >= 4 is 23.3 Å². The van der Waals surface area contributed by atoms with Gasteiger partial charge in [0.25, 0.3) is 0 Å². The molecule has 0 aliphatic heterocycles. The highest BCUT2D eigenvalue weighted by molar-refractivity contribution is 7.16. The lowest BCUT2D eigenvalue weighted by Crippen LogP contribution is -2.05. The van der Waals surface area contributed by atoms with Gasteiger partial charge in [0.05, 0.1) is 13.2 Å². The van der Waals surface area contributed by atoms with E-state index in [0.717, 1.165) is 25.7 Å². The fraction of sp³-hybridized carbons (Fsp3) is 0.571. The summed E-state index contributed by atoms with van der Waals surface area (Å²) in [5.41, 5.74) is 0. The number of carboxylic acids is 2. The Balaban J connectivity index is 3.11. The third-order valence-electron chi connectivity index (χ3n) is 2.70. The molecule has 0 saturated carbocycles. The van der Waals surface area contributed by atoms with Crippen molar-refractivity contribution in [1.29, 1.82) is 0 Å². The minimum Gasteiger partial charge on any atom is -0.488 e. The first-order chi connectivity index (χ1) is 10.0. The molecular formula is C14H20O6S. The van der Waals surface area contributed by atoms with Crippen molar-refractivity contribution in [3.63, 3.8) is 0 Å². The first-order valence-corrected chi connectivity index (χ1v) is 7.73. The van der Waals surface area contributed by atoms with Gasteiger partial charge in [-0.3, -0.25) is 0 Å². The summed E-state index contributed by atoms with van der Waals surface area (Å²) in [5, 5.41) is 18.4. The molecule has 0 radical (unpaired) electrons. The largest absolute Gasteiger partial charge is 0.488 e. The van der Waals surface area contributed by atoms with Crippen molar-refractivity contribution in [1.82, 2.24) is 0 Å². The SMILES string of the molecule is CCCCOc1c(C(=O)O)sc(C(=O)O)c1OCCCC. The van der Waals surface area contributed by atoms with Crippen LogP contribution in [0, 0.1) is 0 Å². The molecule has 0 aromatic carbocycles. The molecule has 0 bridgehead atoms. The molecular weight excluding hydrogens is 296 g/mol. The number of unbranched alkanes of at least 4 members (excludes halogenated alkanes) is 2. The fourth-order valence-electron chi connectivity index (χ4n) is 1.58. The number of ether oxygens (including phenoxy) is 2. The molecule has 0 amide bonds. The van der Waals surface area contributed by atoms with Gasteiger partial charge in [-0.05, 0) is 12.8 Å². The molecule has 2 N–H and O–H groups in total. The first kappa shape index (κ1) is 17.3. The Morgan fingerprint density at radius 1 is 0.905 bits per heavy atom. The maximum Gasteiger partial charge on any atom is 0.349 e. The van der Waals surface area contributed by atoms with Gasteiger partial charge in [-0.1, -0.05) is 26.7 Å². The van der Waals surface area contributed by atoms with Crippen molar-refractivity contribution in [3.05, 3.63) is 9.75 Å². The summed E-state index contributed by atoms with van der Waals surface area (Å²) >= 11 is 0.669. The van der Waals surface area contributed by atoms with Crippen LogP contribution in [-0.4, -0.2) is 35.4 Å². The highest BCUT2D eigenvalue weighted by atomic mass is 32.1. The van der Waals surface area contributed by atoms with E-state index < -0.39 is 11.9 Å². The Labute approximate surface area is 127 Å². The van der Waals surface area contributed by atoms with Crippen LogP contribution < -0.4 is 9.47 Å². The lowest BCUT2D eigenvalue weighted by Gasteiger charge is -2.10. The van der Waals surface area contributed by atoms with E-state index in [1.807, 2.05) is 13.8 Å². The van der Waals surface area contributed by atoms with Gasteiger partial charge < -0.3 is 19.7 Å². The number of carbonyl (C=O) groups is 2. The predicted molar refractivity (Wildman–Crippen MR) is 79.0 cm³/mol. The molecule has 21 heavy (non-hydrogen) atoms. The Morgan fingerprint density at radius 3 is 1.57 bits per heavy atom. The molecule has 0 saturated heterocycles. The number of aromatic carboxylic acids is 2. The first-order valence-electron chi connectivity index (χ1n) is 6.91. The summed E-state index contributed by atoms with van der Waals surface area (Å²) in [6.45, 7) is 4.63. The molecule has 1 aromatic heterocycles. The molecule has 1 rings (SSSR count). The van der Waals surface area contributed by atoms with Crippen molar-refractivity contribution < 1.29 is 29.3 Å². The van der Waals surface area contributed by atoms with Gasteiger partial charge in [0.15, 0.2) is 21.3 Å². The van der Waals surface area contributed by atoms with Gasteiger partial charge in [-0.2, -0.15) is 0 Å². The van der Waals surface area contributed by atoms with E-state index >= 15 is 0 Å². The van der Waals surface area contributed by atoms with E-state index in [9.17, 15) is 19.8 Å². The second-order valence-corrected chi connectivity index (χ2v) is 5.45. The molecule has 1 heterocycles. The van der Waals surface area contributed by atoms with E-state index in [2.05, 4.69) is 0 Å². The minimum atomic E-state index is -1.21. The number of hydrogen-bond donors (Lipinski definition) is 2. The lowest BCUT2D eigenvalue weighted by molar-refractivity contribution is 0.0685. The van der Waals surface area contributed by atoms with Crippen LogP contribution >= 0.6 is 11.3 Å². The summed E-state index contributed by atoms with van der Waals surface area (Å²) < 4.78 is 10.9. The highest BCUT2D eigenvalue weighted by Gasteiger charge is 2.29. The molecule has 0 fully saturated rings. The zero-order chi connectivity index (χ0) is 15.8. The Morgan fingerprint density at radius 2 is 1.29 bits per heavy atom. The van der Waals surface area contributed by atoms with Gasteiger partial charge in [-0.15, -0.1) is 11.3 Å². The maximum atomic E-state index is 11.3. The van der Waals surface area contributed by atoms with Crippen molar-refractivity contribution in [2.75, 3.05) is 13.2 Å². The van der Waals surface area contributed by atoms with Crippen LogP contribution in [0.3, 0.4) is 0 Å². The topological polar surface area (TPSA) is 93.1 Å². The van der Waals surface area contributed by atoms with Gasteiger partial charge in [0, 0.05) is 0 Å². The number of thiophene rings is 1. The molecule has 0 atom stereocenters. The summed E-state index contributed by atoms with van der Waals surface area (Å²) in [7, 11) is 0. The second-order valence-electron chi connectivity index (χ2n) is 4.43. The van der Waals surface area contributed by atoms with E-state index in [0.29, 0.717) is 24.6 Å². The fourth-order valence-corrected chi connectivity index (χ4v) is 2.45. The molecule has 7 heteroatoms. The summed E-state index contributed by atoms with van der Waals surface area (Å²) in [6.07, 6.45) is 3.30. The molecule has 1 aromatic rings. The average Bonchev–Trinajstić information content (AvgIpc) is 2.79. The van der Waals surface area contributed by atoms with Crippen LogP contribution in [0.5, 0.6) is 11.5 Å².